The van der Waals surface area contributed by atoms with E-state index in [1.54, 1.807) is 19.4 Å². The molecular formula is C9H13N3O. The first-order valence-corrected chi connectivity index (χ1v) is 4.09. The number of aryl methyl sites for hydroxylation is 1. The van der Waals surface area contributed by atoms with Gasteiger partial charge in [-0.15, -0.1) is 0 Å². The molecule has 2 amide bonds. The number of amides is 2. The van der Waals surface area contributed by atoms with Crippen molar-refractivity contribution >= 4 is 6.03 Å². The van der Waals surface area contributed by atoms with Gasteiger partial charge < -0.3 is 10.6 Å². The average Bonchev–Trinajstić information content (AvgIpc) is 2.16. The van der Waals surface area contributed by atoms with E-state index in [2.05, 4.69) is 15.6 Å². The summed E-state index contributed by atoms with van der Waals surface area (Å²) in [7, 11) is 1.59. The number of carbonyl (C=O) groups excluding carboxylic acids is 1. The van der Waals surface area contributed by atoms with Crippen LogP contribution in [0.5, 0.6) is 0 Å². The molecule has 0 aliphatic carbocycles. The van der Waals surface area contributed by atoms with E-state index < -0.39 is 0 Å². The highest BCUT2D eigenvalue weighted by molar-refractivity contribution is 5.73. The predicted molar refractivity (Wildman–Crippen MR) is 50.3 cm³/mol. The number of carbonyl (C=O) groups is 1. The Hall–Kier alpha value is -1.58. The van der Waals surface area contributed by atoms with Crippen LogP contribution in [0.3, 0.4) is 0 Å². The molecule has 1 heterocycles. The van der Waals surface area contributed by atoms with Crippen molar-refractivity contribution < 1.29 is 4.79 Å². The SMILES string of the molecule is CNC(=O)NCc1cnccc1C. The molecular weight excluding hydrogens is 166 g/mol. The second-order valence-corrected chi connectivity index (χ2v) is 2.73. The fraction of sp³-hybridized carbons (Fsp3) is 0.333. The number of nitrogens with one attached hydrogen (secondary N) is 2. The number of aromatic nitrogens is 1. The first kappa shape index (κ1) is 9.51. The fourth-order valence-electron chi connectivity index (χ4n) is 0.946. The minimum Gasteiger partial charge on any atom is -0.341 e. The van der Waals surface area contributed by atoms with Gasteiger partial charge in [-0.05, 0) is 24.1 Å². The largest absolute Gasteiger partial charge is 0.341 e. The van der Waals surface area contributed by atoms with E-state index in [4.69, 9.17) is 0 Å². The first-order chi connectivity index (χ1) is 6.24. The highest BCUT2D eigenvalue weighted by Gasteiger charge is 1.99. The monoisotopic (exact) mass is 179 g/mol. The van der Waals surface area contributed by atoms with Crippen LogP contribution in [0, 0.1) is 6.92 Å². The van der Waals surface area contributed by atoms with Crippen molar-refractivity contribution in [3.63, 3.8) is 0 Å². The molecule has 0 aliphatic heterocycles. The van der Waals surface area contributed by atoms with E-state index >= 15 is 0 Å². The van der Waals surface area contributed by atoms with Crippen LogP contribution in [0.2, 0.25) is 0 Å². The zero-order valence-corrected chi connectivity index (χ0v) is 7.79. The predicted octanol–water partition coefficient (Wildman–Crippen LogP) is 0.819. The van der Waals surface area contributed by atoms with Crippen LogP contribution in [0.1, 0.15) is 11.1 Å². The van der Waals surface area contributed by atoms with E-state index in [1.807, 2.05) is 13.0 Å². The summed E-state index contributed by atoms with van der Waals surface area (Å²) >= 11 is 0. The summed E-state index contributed by atoms with van der Waals surface area (Å²) in [6, 6.07) is 1.74. The smallest absolute Gasteiger partial charge is 0.314 e. The number of nitrogens with zero attached hydrogens (tertiary/aromatic N) is 1. The Morgan fingerprint density at radius 2 is 2.38 bits per heavy atom. The summed E-state index contributed by atoms with van der Waals surface area (Å²) in [6.45, 7) is 2.50. The number of urea groups is 1. The van der Waals surface area contributed by atoms with Crippen molar-refractivity contribution in [1.82, 2.24) is 15.6 Å². The van der Waals surface area contributed by atoms with Crippen LogP contribution in [0.25, 0.3) is 0 Å². The molecule has 1 aromatic rings. The highest BCUT2D eigenvalue weighted by atomic mass is 16.2. The molecule has 0 fully saturated rings. The third-order valence-corrected chi connectivity index (χ3v) is 1.81. The Morgan fingerprint density at radius 1 is 1.62 bits per heavy atom. The highest BCUT2D eigenvalue weighted by Crippen LogP contribution is 2.03. The summed E-state index contributed by atoms with van der Waals surface area (Å²) in [6.07, 6.45) is 3.49. The Morgan fingerprint density at radius 3 is 3.00 bits per heavy atom. The second kappa shape index (κ2) is 4.45. The Balaban J connectivity index is 2.54. The molecule has 1 rings (SSSR count). The normalized spacial score (nSPS) is 9.38. The van der Waals surface area contributed by atoms with Crippen molar-refractivity contribution in [1.29, 1.82) is 0 Å². The van der Waals surface area contributed by atoms with E-state index in [1.165, 1.54) is 0 Å². The van der Waals surface area contributed by atoms with Gasteiger partial charge in [0.15, 0.2) is 0 Å². The van der Waals surface area contributed by atoms with Gasteiger partial charge in [-0.1, -0.05) is 0 Å². The minimum atomic E-state index is -0.178. The molecule has 70 valence electrons. The molecule has 13 heavy (non-hydrogen) atoms. The lowest BCUT2D eigenvalue weighted by molar-refractivity contribution is 0.242. The Bertz CT molecular complexity index is 299. The molecule has 1 aromatic heterocycles. The van der Waals surface area contributed by atoms with E-state index in [9.17, 15) is 4.79 Å². The number of rotatable bonds is 2. The zero-order valence-electron chi connectivity index (χ0n) is 7.79. The molecule has 0 saturated carbocycles. The van der Waals surface area contributed by atoms with Gasteiger partial charge in [-0.25, -0.2) is 4.79 Å². The molecule has 0 spiro atoms. The minimum absolute atomic E-state index is 0.178. The quantitative estimate of drug-likeness (QED) is 0.706. The molecule has 0 radical (unpaired) electrons. The van der Waals surface area contributed by atoms with Crippen molar-refractivity contribution in [3.8, 4) is 0 Å². The maximum Gasteiger partial charge on any atom is 0.314 e. The van der Waals surface area contributed by atoms with Crippen LogP contribution in [-0.4, -0.2) is 18.1 Å². The van der Waals surface area contributed by atoms with Gasteiger partial charge in [0.2, 0.25) is 0 Å². The molecule has 0 bridgehead atoms. The van der Waals surface area contributed by atoms with Crippen LogP contribution < -0.4 is 10.6 Å². The number of pyridine rings is 1. The molecule has 0 unspecified atom stereocenters. The second-order valence-electron chi connectivity index (χ2n) is 2.73. The topological polar surface area (TPSA) is 54.0 Å². The maximum absolute atomic E-state index is 10.9. The summed E-state index contributed by atoms with van der Waals surface area (Å²) < 4.78 is 0. The summed E-state index contributed by atoms with van der Waals surface area (Å²) in [4.78, 5) is 14.8. The van der Waals surface area contributed by atoms with Gasteiger partial charge in [0.1, 0.15) is 0 Å². The van der Waals surface area contributed by atoms with Crippen molar-refractivity contribution in [2.24, 2.45) is 0 Å². The summed E-state index contributed by atoms with van der Waals surface area (Å²) in [5.74, 6) is 0. The van der Waals surface area contributed by atoms with Crippen LogP contribution >= 0.6 is 0 Å². The van der Waals surface area contributed by atoms with E-state index in [-0.39, 0.29) is 6.03 Å². The molecule has 4 heteroatoms. The zero-order chi connectivity index (χ0) is 9.68. The lowest BCUT2D eigenvalue weighted by Gasteiger charge is -2.05. The van der Waals surface area contributed by atoms with Gasteiger partial charge in [-0.3, -0.25) is 4.98 Å². The van der Waals surface area contributed by atoms with E-state index in [0.29, 0.717) is 6.54 Å². The fourth-order valence-corrected chi connectivity index (χ4v) is 0.946. The Labute approximate surface area is 77.4 Å². The third kappa shape index (κ3) is 2.74. The molecule has 2 N–H and O–H groups in total. The van der Waals surface area contributed by atoms with Crippen molar-refractivity contribution in [2.75, 3.05) is 7.05 Å². The summed E-state index contributed by atoms with van der Waals surface area (Å²) in [5.41, 5.74) is 2.16. The van der Waals surface area contributed by atoms with Gasteiger partial charge in [0, 0.05) is 26.0 Å². The number of hydrogen-bond donors (Lipinski definition) is 2. The standard InChI is InChI=1S/C9H13N3O/c1-7-3-4-11-5-8(7)6-12-9(13)10-2/h3-5H,6H2,1-2H3,(H2,10,12,13). The van der Waals surface area contributed by atoms with Crippen molar-refractivity contribution in [2.45, 2.75) is 13.5 Å². The molecule has 4 nitrogen and oxygen atoms in total. The Kier molecular flexibility index (Phi) is 3.25. The first-order valence-electron chi connectivity index (χ1n) is 4.09. The van der Waals surface area contributed by atoms with Crippen LogP contribution in [0.4, 0.5) is 4.79 Å². The van der Waals surface area contributed by atoms with Gasteiger partial charge in [0.05, 0.1) is 0 Å². The number of hydrogen-bond acceptors (Lipinski definition) is 2. The molecule has 0 aromatic carbocycles. The van der Waals surface area contributed by atoms with Crippen LogP contribution in [0.15, 0.2) is 18.5 Å². The van der Waals surface area contributed by atoms with Gasteiger partial charge in [-0.2, -0.15) is 0 Å². The molecule has 0 saturated heterocycles. The van der Waals surface area contributed by atoms with E-state index in [0.717, 1.165) is 11.1 Å². The molecule has 0 aliphatic rings. The average molecular weight is 179 g/mol. The van der Waals surface area contributed by atoms with Gasteiger partial charge >= 0.3 is 6.03 Å². The van der Waals surface area contributed by atoms with Crippen LogP contribution in [-0.2, 0) is 6.54 Å². The lowest BCUT2D eigenvalue weighted by Crippen LogP contribution is -2.32. The maximum atomic E-state index is 10.9. The third-order valence-electron chi connectivity index (χ3n) is 1.81. The molecule has 0 atom stereocenters. The lowest BCUT2D eigenvalue weighted by atomic mass is 10.2. The summed E-state index contributed by atoms with van der Waals surface area (Å²) in [5, 5.41) is 5.18. The van der Waals surface area contributed by atoms with Gasteiger partial charge in [0.25, 0.3) is 0 Å². The van der Waals surface area contributed by atoms with Crippen molar-refractivity contribution in [3.05, 3.63) is 29.6 Å².